The Balaban J connectivity index is 2.27. The summed E-state index contributed by atoms with van der Waals surface area (Å²) < 4.78 is 18.2. The zero-order chi connectivity index (χ0) is 22.9. The summed E-state index contributed by atoms with van der Waals surface area (Å²) in [5, 5.41) is 0. The molecule has 174 valence electrons. The summed E-state index contributed by atoms with van der Waals surface area (Å²) in [6, 6.07) is 1.18. The summed E-state index contributed by atoms with van der Waals surface area (Å²) in [4.78, 5) is 19.4. The molecule has 1 aliphatic heterocycles. The van der Waals surface area contributed by atoms with Crippen LogP contribution in [0.1, 0.15) is 46.5 Å². The third-order valence-electron chi connectivity index (χ3n) is 5.84. The Labute approximate surface area is 190 Å². The Morgan fingerprint density at radius 1 is 1.23 bits per heavy atom. The van der Waals surface area contributed by atoms with Gasteiger partial charge in [-0.15, -0.1) is 0 Å². The van der Waals surface area contributed by atoms with Crippen LogP contribution >= 0.6 is 0 Å². The molecule has 1 fully saturated rings. The molecule has 0 saturated carbocycles. The molecule has 30 heavy (non-hydrogen) atoms. The van der Waals surface area contributed by atoms with E-state index in [1.807, 2.05) is 0 Å². The summed E-state index contributed by atoms with van der Waals surface area (Å²) in [6.45, 7) is 15.4. The Kier molecular flexibility index (Phi) is 11.9. The van der Waals surface area contributed by atoms with E-state index in [2.05, 4.69) is 61.3 Å². The van der Waals surface area contributed by atoms with Gasteiger partial charge in [0, 0.05) is 14.7 Å². The Morgan fingerprint density at radius 3 is 2.50 bits per heavy atom. The maximum absolute atomic E-state index is 12.3. The average molecular weight is 545 g/mol. The molecular weight excluding hydrogens is 499 g/mol. The van der Waals surface area contributed by atoms with Crippen LogP contribution in [-0.4, -0.2) is 58.5 Å². The predicted octanol–water partition coefficient (Wildman–Crippen LogP) is 6.58. The first-order valence-electron chi connectivity index (χ1n) is 11.5. The SMILES string of the molecule is C/[C](=C1\C[C@H](C[C@H](C)CC/C=C(\C)COCOCC[Si](C)(C)C)OC1=O)[Sn]([CH3])([CH3])[CH3]. The first kappa shape index (κ1) is 27.9. The van der Waals surface area contributed by atoms with Gasteiger partial charge in [0.05, 0.1) is 0 Å². The number of cyclic esters (lactones) is 1. The first-order chi connectivity index (χ1) is 13.8. The molecule has 0 bridgehead atoms. The molecule has 0 N–H and O–H groups in total. The predicted molar refractivity (Wildman–Crippen MR) is 132 cm³/mol. The van der Waals surface area contributed by atoms with E-state index in [9.17, 15) is 4.79 Å². The second kappa shape index (κ2) is 12.8. The Bertz CT molecular complexity index is 614. The van der Waals surface area contributed by atoms with E-state index in [0.29, 0.717) is 19.3 Å². The van der Waals surface area contributed by atoms with Crippen molar-refractivity contribution < 1.29 is 19.0 Å². The van der Waals surface area contributed by atoms with Gasteiger partial charge in [0.15, 0.2) is 0 Å². The van der Waals surface area contributed by atoms with Crippen molar-refractivity contribution in [2.45, 2.75) is 93.1 Å². The Hall–Kier alpha value is -0.114. The first-order valence-corrected chi connectivity index (χ1v) is 25.2. The van der Waals surface area contributed by atoms with Crippen molar-refractivity contribution >= 4 is 32.4 Å². The van der Waals surface area contributed by atoms with Crippen molar-refractivity contribution in [1.82, 2.24) is 0 Å². The van der Waals surface area contributed by atoms with E-state index < -0.39 is 26.5 Å². The minimum absolute atomic E-state index is 0.0590. The quantitative estimate of drug-likeness (QED) is 0.0656. The summed E-state index contributed by atoms with van der Waals surface area (Å²) in [5.74, 6) is 0.478. The second-order valence-corrected chi connectivity index (χ2v) is 31.8. The number of rotatable bonds is 13. The molecule has 0 aromatic rings. The van der Waals surface area contributed by atoms with Gasteiger partial charge in [-0.1, -0.05) is 19.6 Å². The van der Waals surface area contributed by atoms with Crippen LogP contribution in [0.5, 0.6) is 0 Å². The van der Waals surface area contributed by atoms with Gasteiger partial charge in [0.25, 0.3) is 0 Å². The number of ether oxygens (including phenoxy) is 3. The summed E-state index contributed by atoms with van der Waals surface area (Å²) in [5.41, 5.74) is 2.23. The molecule has 6 heteroatoms. The Morgan fingerprint density at radius 2 is 1.90 bits per heavy atom. The van der Waals surface area contributed by atoms with Crippen molar-refractivity contribution in [3.8, 4) is 0 Å². The zero-order valence-electron chi connectivity index (χ0n) is 21.0. The molecule has 1 rings (SSSR count). The molecule has 0 unspecified atom stereocenters. The van der Waals surface area contributed by atoms with Crippen LogP contribution in [0.15, 0.2) is 20.8 Å². The van der Waals surface area contributed by atoms with E-state index in [4.69, 9.17) is 14.2 Å². The molecule has 2 atom stereocenters. The second-order valence-electron chi connectivity index (χ2n) is 11.2. The van der Waals surface area contributed by atoms with E-state index in [1.165, 1.54) is 15.2 Å². The van der Waals surface area contributed by atoms with Crippen LogP contribution in [0, 0.1) is 5.92 Å². The fourth-order valence-electron chi connectivity index (χ4n) is 3.40. The normalized spacial score (nSPS) is 21.0. The van der Waals surface area contributed by atoms with Gasteiger partial charge in [-0.3, -0.25) is 0 Å². The van der Waals surface area contributed by atoms with Crippen LogP contribution in [0.4, 0.5) is 0 Å². The van der Waals surface area contributed by atoms with Crippen LogP contribution < -0.4 is 0 Å². The van der Waals surface area contributed by atoms with Gasteiger partial charge in [0.2, 0.25) is 0 Å². The van der Waals surface area contributed by atoms with Gasteiger partial charge >= 0.3 is 139 Å². The fourth-order valence-corrected chi connectivity index (χ4v) is 7.33. The van der Waals surface area contributed by atoms with E-state index in [-0.39, 0.29) is 12.1 Å². The van der Waals surface area contributed by atoms with Gasteiger partial charge < -0.3 is 4.74 Å². The van der Waals surface area contributed by atoms with Crippen molar-refractivity contribution in [2.75, 3.05) is 20.0 Å². The standard InChI is InChI=1S/C21H37O4Si.3CH3.Sn/c1-7-19-14-20(25-21(19)22)13-17(2)9-8-10-18(3)15-24-16-23-11-12-26(4,5)6;;;;/h10,17,20H,8-9,11-16H2,1-6H3;3*1H3;/b18-10+,19-7?;;;;/t17-,20+;;;;/m1..../s1. The molecule has 4 nitrogen and oxygen atoms in total. The van der Waals surface area contributed by atoms with Crippen molar-refractivity contribution in [3.05, 3.63) is 20.8 Å². The number of esters is 1. The molecule has 0 spiro atoms. The number of allylic oxidation sites excluding steroid dienone is 2. The monoisotopic (exact) mass is 546 g/mol. The molecule has 0 aromatic carbocycles. The van der Waals surface area contributed by atoms with Crippen LogP contribution in [0.2, 0.25) is 40.5 Å². The van der Waals surface area contributed by atoms with Gasteiger partial charge in [-0.25, -0.2) is 0 Å². The average Bonchev–Trinajstić information content (AvgIpc) is 2.95. The number of hydrogen-bond acceptors (Lipinski definition) is 4. The van der Waals surface area contributed by atoms with Crippen molar-refractivity contribution in [3.63, 3.8) is 0 Å². The molecular formula is C24H46O4SiSn. The van der Waals surface area contributed by atoms with Gasteiger partial charge in [-0.05, 0) is 6.04 Å². The summed E-state index contributed by atoms with van der Waals surface area (Å²) in [6.07, 6.45) is 6.23. The van der Waals surface area contributed by atoms with E-state index in [0.717, 1.165) is 37.9 Å². The van der Waals surface area contributed by atoms with Gasteiger partial charge in [-0.2, -0.15) is 0 Å². The molecule has 0 amide bonds. The van der Waals surface area contributed by atoms with Crippen molar-refractivity contribution in [1.29, 1.82) is 0 Å². The van der Waals surface area contributed by atoms with E-state index in [1.54, 1.807) is 0 Å². The minimum atomic E-state index is -2.19. The molecule has 0 radical (unpaired) electrons. The van der Waals surface area contributed by atoms with Crippen molar-refractivity contribution in [2.24, 2.45) is 5.92 Å². The van der Waals surface area contributed by atoms with Crippen LogP contribution in [-0.2, 0) is 19.0 Å². The summed E-state index contributed by atoms with van der Waals surface area (Å²) >= 11 is -2.19. The van der Waals surface area contributed by atoms with Crippen LogP contribution in [0.25, 0.3) is 0 Å². The number of carbonyl (C=O) groups is 1. The molecule has 0 aromatic heterocycles. The third kappa shape index (κ3) is 11.5. The molecule has 0 aliphatic carbocycles. The molecule has 1 heterocycles. The van der Waals surface area contributed by atoms with Crippen LogP contribution in [0.3, 0.4) is 0 Å². The summed E-state index contributed by atoms with van der Waals surface area (Å²) in [7, 11) is -1.02. The van der Waals surface area contributed by atoms with Gasteiger partial charge in [0.1, 0.15) is 6.79 Å². The fraction of sp³-hybridized carbons (Fsp3) is 0.792. The zero-order valence-corrected chi connectivity index (χ0v) is 24.9. The third-order valence-corrected chi connectivity index (χ3v) is 14.8. The maximum atomic E-state index is 12.3. The number of carbonyl (C=O) groups excluding carboxylic acids is 1. The molecule has 1 aliphatic rings. The number of hydrogen-bond donors (Lipinski definition) is 0. The molecule has 1 saturated heterocycles. The topological polar surface area (TPSA) is 44.8 Å². The van der Waals surface area contributed by atoms with E-state index >= 15 is 0 Å².